The summed E-state index contributed by atoms with van der Waals surface area (Å²) >= 11 is 1.35. The van der Waals surface area contributed by atoms with E-state index < -0.39 is 11.6 Å². The number of amides is 1. The third kappa shape index (κ3) is 4.52. The SMILES string of the molecule is O=C(Nc1ccccc1)c1csc(-c2ccc(OCc3c(F)cccc3F)cc2)n1. The van der Waals surface area contributed by atoms with Crippen LogP contribution in [0, 0.1) is 11.6 Å². The Labute approximate surface area is 175 Å². The Kier molecular flexibility index (Phi) is 5.81. The standard InChI is InChI=1S/C23H16F2N2O2S/c24-19-7-4-8-20(25)18(19)13-29-17-11-9-15(10-12-17)23-27-21(14-30-23)22(28)26-16-5-2-1-3-6-16/h1-12,14H,13H2,(H,26,28). The Bertz CT molecular complexity index is 1140. The molecule has 1 heterocycles. The van der Waals surface area contributed by atoms with Crippen molar-refractivity contribution in [1.82, 2.24) is 4.98 Å². The number of benzene rings is 3. The van der Waals surface area contributed by atoms with Crippen LogP contribution >= 0.6 is 11.3 Å². The molecule has 0 saturated heterocycles. The van der Waals surface area contributed by atoms with Gasteiger partial charge in [0, 0.05) is 16.6 Å². The molecule has 150 valence electrons. The number of hydrogen-bond acceptors (Lipinski definition) is 4. The van der Waals surface area contributed by atoms with E-state index >= 15 is 0 Å². The molecular formula is C23H16F2N2O2S. The number of anilines is 1. The molecule has 0 radical (unpaired) electrons. The number of halogens is 2. The lowest BCUT2D eigenvalue weighted by atomic mass is 10.2. The monoisotopic (exact) mass is 422 g/mol. The summed E-state index contributed by atoms with van der Waals surface area (Å²) in [5.41, 5.74) is 1.72. The third-order valence-electron chi connectivity index (χ3n) is 4.31. The number of nitrogens with zero attached hydrogens (tertiary/aromatic N) is 1. The fraction of sp³-hybridized carbons (Fsp3) is 0.0435. The summed E-state index contributed by atoms with van der Waals surface area (Å²) in [5.74, 6) is -1.10. The molecule has 0 spiro atoms. The predicted molar refractivity (Wildman–Crippen MR) is 113 cm³/mol. The molecular weight excluding hydrogens is 406 g/mol. The van der Waals surface area contributed by atoms with Crippen molar-refractivity contribution in [3.05, 3.63) is 101 Å². The zero-order chi connectivity index (χ0) is 20.9. The molecule has 30 heavy (non-hydrogen) atoms. The molecule has 0 bridgehead atoms. The van der Waals surface area contributed by atoms with Gasteiger partial charge in [-0.15, -0.1) is 11.3 Å². The number of nitrogens with one attached hydrogen (secondary N) is 1. The van der Waals surface area contributed by atoms with Gasteiger partial charge in [0.05, 0.1) is 5.56 Å². The van der Waals surface area contributed by atoms with Gasteiger partial charge in [-0.25, -0.2) is 13.8 Å². The van der Waals surface area contributed by atoms with Crippen LogP contribution in [0.1, 0.15) is 16.1 Å². The lowest BCUT2D eigenvalue weighted by Crippen LogP contribution is -2.12. The topological polar surface area (TPSA) is 51.2 Å². The van der Waals surface area contributed by atoms with Gasteiger partial charge < -0.3 is 10.1 Å². The fourth-order valence-electron chi connectivity index (χ4n) is 2.75. The zero-order valence-corrected chi connectivity index (χ0v) is 16.5. The molecule has 0 unspecified atom stereocenters. The summed E-state index contributed by atoms with van der Waals surface area (Å²) in [6.07, 6.45) is 0. The molecule has 3 aromatic carbocycles. The molecule has 4 nitrogen and oxygen atoms in total. The molecule has 0 fully saturated rings. The van der Waals surface area contributed by atoms with Gasteiger partial charge in [-0.3, -0.25) is 4.79 Å². The van der Waals surface area contributed by atoms with Gasteiger partial charge in [0.15, 0.2) is 0 Å². The third-order valence-corrected chi connectivity index (χ3v) is 5.21. The molecule has 0 aliphatic carbocycles. The van der Waals surface area contributed by atoms with Crippen LogP contribution in [0.2, 0.25) is 0 Å². The average molecular weight is 422 g/mol. The minimum absolute atomic E-state index is 0.115. The Balaban J connectivity index is 1.41. The molecule has 0 aliphatic rings. The van der Waals surface area contributed by atoms with Crippen molar-refractivity contribution in [3.63, 3.8) is 0 Å². The van der Waals surface area contributed by atoms with Crippen molar-refractivity contribution < 1.29 is 18.3 Å². The lowest BCUT2D eigenvalue weighted by Gasteiger charge is -2.08. The van der Waals surface area contributed by atoms with E-state index in [-0.39, 0.29) is 18.1 Å². The highest BCUT2D eigenvalue weighted by Crippen LogP contribution is 2.27. The van der Waals surface area contributed by atoms with E-state index in [4.69, 9.17) is 4.74 Å². The van der Waals surface area contributed by atoms with Crippen LogP contribution in [0.5, 0.6) is 5.75 Å². The minimum Gasteiger partial charge on any atom is -0.489 e. The lowest BCUT2D eigenvalue weighted by molar-refractivity contribution is 0.102. The van der Waals surface area contributed by atoms with E-state index in [2.05, 4.69) is 10.3 Å². The summed E-state index contributed by atoms with van der Waals surface area (Å²) < 4.78 is 32.9. The second-order valence-corrected chi connectivity index (χ2v) is 7.23. The van der Waals surface area contributed by atoms with Crippen LogP contribution < -0.4 is 10.1 Å². The Morgan fingerprint density at radius 1 is 0.933 bits per heavy atom. The van der Waals surface area contributed by atoms with Crippen molar-refractivity contribution in [2.45, 2.75) is 6.61 Å². The summed E-state index contributed by atoms with van der Waals surface area (Å²) in [5, 5.41) is 5.17. The maximum absolute atomic E-state index is 13.7. The predicted octanol–water partition coefficient (Wildman–Crippen LogP) is 5.92. The molecule has 0 saturated carbocycles. The van der Waals surface area contributed by atoms with Gasteiger partial charge in [0.25, 0.3) is 5.91 Å². The van der Waals surface area contributed by atoms with Gasteiger partial charge in [-0.1, -0.05) is 24.3 Å². The molecule has 1 amide bonds. The molecule has 4 rings (SSSR count). The number of aromatic nitrogens is 1. The average Bonchev–Trinajstić information content (AvgIpc) is 3.25. The molecule has 1 aromatic heterocycles. The van der Waals surface area contributed by atoms with Crippen LogP contribution in [-0.4, -0.2) is 10.9 Å². The second kappa shape index (κ2) is 8.84. The van der Waals surface area contributed by atoms with Crippen LogP contribution in [0.4, 0.5) is 14.5 Å². The van der Waals surface area contributed by atoms with E-state index in [0.717, 1.165) is 5.56 Å². The van der Waals surface area contributed by atoms with Crippen LogP contribution in [-0.2, 0) is 6.61 Å². The summed E-state index contributed by atoms with van der Waals surface area (Å²) in [7, 11) is 0. The fourth-order valence-corrected chi connectivity index (χ4v) is 3.55. The molecule has 0 aliphatic heterocycles. The van der Waals surface area contributed by atoms with E-state index in [1.54, 1.807) is 41.8 Å². The van der Waals surface area contributed by atoms with E-state index in [1.165, 1.54) is 29.5 Å². The first kappa shape index (κ1) is 19.7. The van der Waals surface area contributed by atoms with Gasteiger partial charge in [0.1, 0.15) is 34.7 Å². The van der Waals surface area contributed by atoms with Crippen molar-refractivity contribution in [2.75, 3.05) is 5.32 Å². The van der Waals surface area contributed by atoms with Crippen LogP contribution in [0.25, 0.3) is 10.6 Å². The normalized spacial score (nSPS) is 10.6. The van der Waals surface area contributed by atoms with Crippen molar-refractivity contribution >= 4 is 22.9 Å². The maximum Gasteiger partial charge on any atom is 0.275 e. The second-order valence-electron chi connectivity index (χ2n) is 6.37. The first-order valence-electron chi connectivity index (χ1n) is 9.08. The smallest absolute Gasteiger partial charge is 0.275 e. The summed E-state index contributed by atoms with van der Waals surface area (Å²) in [6, 6.07) is 19.8. The van der Waals surface area contributed by atoms with Gasteiger partial charge in [-0.2, -0.15) is 0 Å². The number of hydrogen-bond donors (Lipinski definition) is 1. The number of thiazole rings is 1. The van der Waals surface area contributed by atoms with E-state index in [0.29, 0.717) is 22.1 Å². The number of carbonyl (C=O) groups is 1. The van der Waals surface area contributed by atoms with E-state index in [9.17, 15) is 13.6 Å². The number of rotatable bonds is 6. The zero-order valence-electron chi connectivity index (χ0n) is 15.6. The van der Waals surface area contributed by atoms with Gasteiger partial charge >= 0.3 is 0 Å². The molecule has 7 heteroatoms. The first-order chi connectivity index (χ1) is 14.6. The molecule has 4 aromatic rings. The first-order valence-corrected chi connectivity index (χ1v) is 9.96. The molecule has 0 atom stereocenters. The van der Waals surface area contributed by atoms with Crippen molar-refractivity contribution in [1.29, 1.82) is 0 Å². The van der Waals surface area contributed by atoms with E-state index in [1.807, 2.05) is 18.2 Å². The summed E-state index contributed by atoms with van der Waals surface area (Å²) in [4.78, 5) is 16.7. The number of ether oxygens (including phenoxy) is 1. The van der Waals surface area contributed by atoms with Crippen molar-refractivity contribution in [3.8, 4) is 16.3 Å². The maximum atomic E-state index is 13.7. The minimum atomic E-state index is -0.643. The Hall–Kier alpha value is -3.58. The molecule has 1 N–H and O–H groups in total. The number of para-hydroxylation sites is 1. The Morgan fingerprint density at radius 2 is 1.63 bits per heavy atom. The highest BCUT2D eigenvalue weighted by atomic mass is 32.1. The van der Waals surface area contributed by atoms with Crippen LogP contribution in [0.3, 0.4) is 0 Å². The quantitative estimate of drug-likeness (QED) is 0.420. The summed E-state index contributed by atoms with van der Waals surface area (Å²) in [6.45, 7) is -0.209. The Morgan fingerprint density at radius 3 is 2.33 bits per heavy atom. The number of carbonyl (C=O) groups excluding carboxylic acids is 1. The van der Waals surface area contributed by atoms with Gasteiger partial charge in [-0.05, 0) is 48.5 Å². The van der Waals surface area contributed by atoms with Gasteiger partial charge in [0.2, 0.25) is 0 Å². The van der Waals surface area contributed by atoms with Crippen molar-refractivity contribution in [2.24, 2.45) is 0 Å². The highest BCUT2D eigenvalue weighted by Gasteiger charge is 2.13. The largest absolute Gasteiger partial charge is 0.489 e. The highest BCUT2D eigenvalue weighted by molar-refractivity contribution is 7.13. The van der Waals surface area contributed by atoms with Crippen LogP contribution in [0.15, 0.2) is 78.2 Å².